The van der Waals surface area contributed by atoms with E-state index < -0.39 is 0 Å². The summed E-state index contributed by atoms with van der Waals surface area (Å²) in [4.78, 5) is 2.36. The van der Waals surface area contributed by atoms with Crippen LogP contribution in [0, 0.1) is 5.92 Å². The van der Waals surface area contributed by atoms with Crippen LogP contribution in [0.1, 0.15) is 38.3 Å². The minimum Gasteiger partial charge on any atom is -0.508 e. The van der Waals surface area contributed by atoms with Crippen LogP contribution in [0.4, 0.5) is 0 Å². The fraction of sp³-hybridized carbons (Fsp3) is 0.600. The highest BCUT2D eigenvalue weighted by Crippen LogP contribution is 2.33. The van der Waals surface area contributed by atoms with Crippen LogP contribution in [0.15, 0.2) is 18.2 Å². The number of hydrogen-bond acceptors (Lipinski definition) is 4. The first kappa shape index (κ1) is 14.2. The first-order chi connectivity index (χ1) is 8.99. The number of piperidine rings is 1. The summed E-state index contributed by atoms with van der Waals surface area (Å²) in [5.41, 5.74) is 6.87. The summed E-state index contributed by atoms with van der Waals surface area (Å²) in [5, 5.41) is 19.3. The van der Waals surface area contributed by atoms with E-state index in [1.165, 1.54) is 12.5 Å². The van der Waals surface area contributed by atoms with E-state index in [4.69, 9.17) is 5.73 Å². The number of rotatable bonds is 3. The Labute approximate surface area is 114 Å². The van der Waals surface area contributed by atoms with E-state index in [2.05, 4.69) is 18.7 Å². The quantitative estimate of drug-likeness (QED) is 0.783. The number of phenols is 2. The fourth-order valence-corrected chi connectivity index (χ4v) is 2.90. The lowest BCUT2D eigenvalue weighted by molar-refractivity contribution is 0.120. The number of aromatic hydroxyl groups is 2. The van der Waals surface area contributed by atoms with Crippen LogP contribution in [0.3, 0.4) is 0 Å². The molecule has 1 saturated heterocycles. The van der Waals surface area contributed by atoms with Gasteiger partial charge in [-0.1, -0.05) is 6.07 Å². The molecule has 0 aliphatic carbocycles. The summed E-state index contributed by atoms with van der Waals surface area (Å²) in [6.45, 7) is 6.16. The van der Waals surface area contributed by atoms with Gasteiger partial charge in [-0.2, -0.15) is 0 Å². The average molecular weight is 264 g/mol. The predicted molar refractivity (Wildman–Crippen MR) is 76.1 cm³/mol. The molecule has 3 unspecified atom stereocenters. The highest BCUT2D eigenvalue weighted by molar-refractivity contribution is 5.40. The molecule has 106 valence electrons. The van der Waals surface area contributed by atoms with Gasteiger partial charge in [0.1, 0.15) is 11.5 Å². The second-order valence-electron chi connectivity index (χ2n) is 5.68. The lowest BCUT2D eigenvalue weighted by atomic mass is 9.90. The number of benzene rings is 1. The molecule has 19 heavy (non-hydrogen) atoms. The van der Waals surface area contributed by atoms with Crippen molar-refractivity contribution in [3.63, 3.8) is 0 Å². The van der Waals surface area contributed by atoms with Crippen LogP contribution in [0.25, 0.3) is 0 Å². The Kier molecular flexibility index (Phi) is 4.32. The van der Waals surface area contributed by atoms with Crippen molar-refractivity contribution in [3.8, 4) is 11.5 Å². The van der Waals surface area contributed by atoms with Gasteiger partial charge in [-0.05, 0) is 45.2 Å². The van der Waals surface area contributed by atoms with Crippen LogP contribution in [-0.4, -0.2) is 34.2 Å². The SMILES string of the molecule is CC(N)C1CCCN(C(C)c2ccc(O)cc2O)C1. The third kappa shape index (κ3) is 3.19. The van der Waals surface area contributed by atoms with E-state index in [-0.39, 0.29) is 23.6 Å². The standard InChI is InChI=1S/C15H24N2O2/c1-10(16)12-4-3-7-17(9-12)11(2)14-6-5-13(18)8-15(14)19/h5-6,8,10-12,18-19H,3-4,7,9,16H2,1-2H3. The fourth-order valence-electron chi connectivity index (χ4n) is 2.90. The molecule has 1 aliphatic rings. The maximum Gasteiger partial charge on any atom is 0.124 e. The Morgan fingerprint density at radius 1 is 1.32 bits per heavy atom. The highest BCUT2D eigenvalue weighted by Gasteiger charge is 2.27. The Morgan fingerprint density at radius 2 is 2.05 bits per heavy atom. The molecule has 0 bridgehead atoms. The van der Waals surface area contributed by atoms with Gasteiger partial charge < -0.3 is 15.9 Å². The maximum atomic E-state index is 9.96. The van der Waals surface area contributed by atoms with Gasteiger partial charge in [0.15, 0.2) is 0 Å². The summed E-state index contributed by atoms with van der Waals surface area (Å²) in [6.07, 6.45) is 2.33. The van der Waals surface area contributed by atoms with Crippen LogP contribution in [0.2, 0.25) is 0 Å². The first-order valence-electron chi connectivity index (χ1n) is 7.00. The summed E-state index contributed by atoms with van der Waals surface area (Å²) < 4.78 is 0. The number of nitrogens with two attached hydrogens (primary N) is 1. The van der Waals surface area contributed by atoms with Crippen molar-refractivity contribution in [2.75, 3.05) is 13.1 Å². The average Bonchev–Trinajstić information content (AvgIpc) is 2.38. The topological polar surface area (TPSA) is 69.7 Å². The Hall–Kier alpha value is -1.26. The Morgan fingerprint density at radius 3 is 2.68 bits per heavy atom. The van der Waals surface area contributed by atoms with Crippen LogP contribution >= 0.6 is 0 Å². The smallest absolute Gasteiger partial charge is 0.124 e. The maximum absolute atomic E-state index is 9.96. The van der Waals surface area contributed by atoms with Crippen molar-refractivity contribution in [2.24, 2.45) is 11.7 Å². The van der Waals surface area contributed by atoms with E-state index in [0.29, 0.717) is 5.92 Å². The number of hydrogen-bond donors (Lipinski definition) is 3. The normalized spacial score (nSPS) is 24.1. The molecule has 0 aromatic heterocycles. The molecule has 1 aromatic carbocycles. The van der Waals surface area contributed by atoms with Gasteiger partial charge in [0.2, 0.25) is 0 Å². The van der Waals surface area contributed by atoms with Gasteiger partial charge in [0.25, 0.3) is 0 Å². The molecule has 0 saturated carbocycles. The zero-order valence-corrected chi connectivity index (χ0v) is 11.7. The minimum atomic E-state index is 0.0977. The summed E-state index contributed by atoms with van der Waals surface area (Å²) in [6, 6.07) is 5.17. The third-order valence-electron chi connectivity index (χ3n) is 4.24. The lowest BCUT2D eigenvalue weighted by Crippen LogP contribution is -2.43. The molecule has 0 amide bonds. The molecule has 3 atom stereocenters. The molecule has 4 N–H and O–H groups in total. The third-order valence-corrected chi connectivity index (χ3v) is 4.24. The Balaban J connectivity index is 2.12. The van der Waals surface area contributed by atoms with Gasteiger partial charge in [-0.3, -0.25) is 4.90 Å². The lowest BCUT2D eigenvalue weighted by Gasteiger charge is -2.38. The molecule has 4 heteroatoms. The molecule has 1 fully saturated rings. The van der Waals surface area contributed by atoms with Gasteiger partial charge in [0, 0.05) is 30.3 Å². The van der Waals surface area contributed by atoms with E-state index >= 15 is 0 Å². The van der Waals surface area contributed by atoms with Crippen LogP contribution < -0.4 is 5.73 Å². The van der Waals surface area contributed by atoms with Crippen molar-refractivity contribution in [1.29, 1.82) is 0 Å². The first-order valence-corrected chi connectivity index (χ1v) is 7.00. The summed E-state index contributed by atoms with van der Waals surface area (Å²) >= 11 is 0. The predicted octanol–water partition coefficient (Wildman–Crippen LogP) is 2.22. The molecule has 1 aliphatic heterocycles. The van der Waals surface area contributed by atoms with Gasteiger partial charge in [-0.15, -0.1) is 0 Å². The molecule has 4 nitrogen and oxygen atoms in total. The van der Waals surface area contributed by atoms with Crippen LogP contribution in [0.5, 0.6) is 11.5 Å². The molecule has 0 radical (unpaired) electrons. The molecule has 2 rings (SSSR count). The van der Waals surface area contributed by atoms with Crippen molar-refractivity contribution >= 4 is 0 Å². The van der Waals surface area contributed by atoms with E-state index in [1.807, 2.05) is 0 Å². The minimum absolute atomic E-state index is 0.0977. The highest BCUT2D eigenvalue weighted by atomic mass is 16.3. The van der Waals surface area contributed by atoms with Crippen molar-refractivity contribution in [2.45, 2.75) is 38.8 Å². The summed E-state index contributed by atoms with van der Waals surface area (Å²) in [7, 11) is 0. The number of likely N-dealkylation sites (tertiary alicyclic amines) is 1. The van der Waals surface area contributed by atoms with Gasteiger partial charge in [0.05, 0.1) is 0 Å². The molecule has 1 heterocycles. The monoisotopic (exact) mass is 264 g/mol. The molecule has 0 spiro atoms. The molecular weight excluding hydrogens is 240 g/mol. The second-order valence-corrected chi connectivity index (χ2v) is 5.68. The molecular formula is C15H24N2O2. The van der Waals surface area contributed by atoms with E-state index in [0.717, 1.165) is 25.1 Å². The van der Waals surface area contributed by atoms with Crippen molar-refractivity contribution < 1.29 is 10.2 Å². The van der Waals surface area contributed by atoms with Crippen molar-refractivity contribution in [1.82, 2.24) is 4.90 Å². The second kappa shape index (κ2) is 5.80. The summed E-state index contributed by atoms with van der Waals surface area (Å²) in [5.74, 6) is 0.784. The Bertz CT molecular complexity index is 434. The van der Waals surface area contributed by atoms with E-state index in [9.17, 15) is 10.2 Å². The van der Waals surface area contributed by atoms with Crippen molar-refractivity contribution in [3.05, 3.63) is 23.8 Å². The zero-order chi connectivity index (χ0) is 14.0. The van der Waals surface area contributed by atoms with Crippen LogP contribution in [-0.2, 0) is 0 Å². The zero-order valence-electron chi connectivity index (χ0n) is 11.7. The number of phenolic OH excluding ortho intramolecular Hbond substituents is 2. The molecule has 1 aromatic rings. The van der Waals surface area contributed by atoms with Gasteiger partial charge in [-0.25, -0.2) is 0 Å². The van der Waals surface area contributed by atoms with E-state index in [1.54, 1.807) is 12.1 Å². The number of nitrogens with zero attached hydrogens (tertiary/aromatic N) is 1. The van der Waals surface area contributed by atoms with Gasteiger partial charge >= 0.3 is 0 Å². The largest absolute Gasteiger partial charge is 0.508 e.